The first-order chi connectivity index (χ1) is 8.69. The molecule has 1 heterocycles. The average Bonchev–Trinajstić information content (AvgIpc) is 2.39. The molecular weight excluding hydrogens is 226 g/mol. The van der Waals surface area contributed by atoms with Crippen molar-refractivity contribution in [2.45, 2.75) is 38.6 Å². The van der Waals surface area contributed by atoms with Crippen LogP contribution in [0.4, 0.5) is 5.69 Å². The second-order valence-electron chi connectivity index (χ2n) is 5.18. The Morgan fingerprint density at radius 3 is 2.56 bits per heavy atom. The first-order valence-electron chi connectivity index (χ1n) is 6.72. The molecule has 100 valence electrons. The lowest BCUT2D eigenvalue weighted by Crippen LogP contribution is -2.27. The van der Waals surface area contributed by atoms with E-state index in [4.69, 9.17) is 9.47 Å². The quantitative estimate of drug-likeness (QED) is 0.887. The van der Waals surface area contributed by atoms with Crippen molar-refractivity contribution in [3.63, 3.8) is 0 Å². The van der Waals surface area contributed by atoms with E-state index < -0.39 is 0 Å². The number of ether oxygens (including phenoxy) is 2. The Morgan fingerprint density at radius 2 is 1.94 bits per heavy atom. The highest BCUT2D eigenvalue weighted by Gasteiger charge is 2.14. The molecule has 0 amide bonds. The van der Waals surface area contributed by atoms with Crippen LogP contribution in [0, 0.1) is 0 Å². The highest BCUT2D eigenvalue weighted by molar-refractivity contribution is 5.52. The Hall–Kier alpha value is -1.22. The smallest absolute Gasteiger partial charge is 0.121 e. The number of rotatable bonds is 4. The molecule has 1 aromatic rings. The maximum atomic E-state index is 5.38. The fourth-order valence-corrected chi connectivity index (χ4v) is 2.23. The average molecular weight is 249 g/mol. The van der Waals surface area contributed by atoms with Crippen LogP contribution < -0.4 is 10.1 Å². The topological polar surface area (TPSA) is 30.5 Å². The van der Waals surface area contributed by atoms with E-state index in [0.29, 0.717) is 12.0 Å². The van der Waals surface area contributed by atoms with Crippen molar-refractivity contribution >= 4 is 5.69 Å². The van der Waals surface area contributed by atoms with E-state index in [1.807, 2.05) is 0 Å². The lowest BCUT2D eigenvalue weighted by atomic mass is 10.0. The summed E-state index contributed by atoms with van der Waals surface area (Å²) in [7, 11) is 1.72. The highest BCUT2D eigenvalue weighted by atomic mass is 16.5. The van der Waals surface area contributed by atoms with Gasteiger partial charge in [0.1, 0.15) is 5.75 Å². The molecule has 0 aliphatic carbocycles. The minimum absolute atomic E-state index is 0.510. The second kappa shape index (κ2) is 6.10. The normalized spacial score (nSPS) is 16.9. The third-order valence-electron chi connectivity index (χ3n) is 3.42. The predicted molar refractivity (Wildman–Crippen MR) is 74.5 cm³/mol. The Bertz CT molecular complexity index is 384. The van der Waals surface area contributed by atoms with E-state index in [1.165, 1.54) is 5.56 Å². The molecule has 1 fully saturated rings. The van der Waals surface area contributed by atoms with Gasteiger partial charge in [-0.25, -0.2) is 0 Å². The van der Waals surface area contributed by atoms with Crippen LogP contribution in [0.15, 0.2) is 18.2 Å². The minimum atomic E-state index is 0.510. The number of benzene rings is 1. The molecule has 0 aromatic heterocycles. The van der Waals surface area contributed by atoms with Gasteiger partial charge in [0.05, 0.1) is 7.11 Å². The van der Waals surface area contributed by atoms with Gasteiger partial charge in [0, 0.05) is 31.0 Å². The number of hydrogen-bond donors (Lipinski definition) is 1. The largest absolute Gasteiger partial charge is 0.497 e. The van der Waals surface area contributed by atoms with E-state index in [-0.39, 0.29) is 0 Å². The molecule has 3 heteroatoms. The van der Waals surface area contributed by atoms with E-state index in [9.17, 15) is 0 Å². The number of methoxy groups -OCH3 is 1. The standard InChI is InChI=1S/C15H23NO2/c1-11(2)12-8-14(10-15(9-12)17-3)16-13-4-6-18-7-5-13/h8-11,13,16H,4-7H2,1-3H3. The zero-order chi connectivity index (χ0) is 13.0. The summed E-state index contributed by atoms with van der Waals surface area (Å²) in [5, 5.41) is 3.59. The molecular formula is C15H23NO2. The first-order valence-corrected chi connectivity index (χ1v) is 6.72. The van der Waals surface area contributed by atoms with Gasteiger partial charge in [0.15, 0.2) is 0 Å². The SMILES string of the molecule is COc1cc(NC2CCOCC2)cc(C(C)C)c1. The summed E-state index contributed by atoms with van der Waals surface area (Å²) in [6, 6.07) is 6.93. The van der Waals surface area contributed by atoms with Crippen molar-refractivity contribution in [1.82, 2.24) is 0 Å². The van der Waals surface area contributed by atoms with Gasteiger partial charge < -0.3 is 14.8 Å². The van der Waals surface area contributed by atoms with E-state index in [1.54, 1.807) is 7.11 Å². The summed E-state index contributed by atoms with van der Waals surface area (Å²) in [4.78, 5) is 0. The highest BCUT2D eigenvalue weighted by Crippen LogP contribution is 2.27. The van der Waals surface area contributed by atoms with Gasteiger partial charge >= 0.3 is 0 Å². The Morgan fingerprint density at radius 1 is 1.22 bits per heavy atom. The maximum Gasteiger partial charge on any atom is 0.121 e. The van der Waals surface area contributed by atoms with Crippen LogP contribution in [0.2, 0.25) is 0 Å². The summed E-state index contributed by atoms with van der Waals surface area (Å²) in [5.74, 6) is 1.44. The zero-order valence-corrected chi connectivity index (χ0v) is 11.5. The summed E-state index contributed by atoms with van der Waals surface area (Å²) >= 11 is 0. The number of nitrogens with one attached hydrogen (secondary N) is 1. The molecule has 0 radical (unpaired) electrons. The molecule has 0 bridgehead atoms. The Balaban J connectivity index is 2.12. The molecule has 1 saturated heterocycles. The summed E-state index contributed by atoms with van der Waals surface area (Å²) in [5.41, 5.74) is 2.47. The fraction of sp³-hybridized carbons (Fsp3) is 0.600. The van der Waals surface area contributed by atoms with Crippen LogP contribution >= 0.6 is 0 Å². The van der Waals surface area contributed by atoms with E-state index in [2.05, 4.69) is 37.4 Å². The van der Waals surface area contributed by atoms with Crippen molar-refractivity contribution < 1.29 is 9.47 Å². The van der Waals surface area contributed by atoms with Crippen LogP contribution in [0.25, 0.3) is 0 Å². The van der Waals surface area contributed by atoms with E-state index in [0.717, 1.165) is 37.5 Å². The van der Waals surface area contributed by atoms with Crippen LogP contribution in [-0.2, 0) is 4.74 Å². The molecule has 18 heavy (non-hydrogen) atoms. The summed E-state index contributed by atoms with van der Waals surface area (Å²) in [6.07, 6.45) is 2.16. The predicted octanol–water partition coefficient (Wildman–Crippen LogP) is 3.41. The van der Waals surface area contributed by atoms with Crippen molar-refractivity contribution in [2.75, 3.05) is 25.6 Å². The molecule has 1 N–H and O–H groups in total. The molecule has 1 aliphatic heterocycles. The summed E-state index contributed by atoms with van der Waals surface area (Å²) < 4.78 is 10.7. The summed E-state index contributed by atoms with van der Waals surface area (Å²) in [6.45, 7) is 6.12. The number of hydrogen-bond acceptors (Lipinski definition) is 3. The van der Waals surface area contributed by atoms with Gasteiger partial charge in [-0.3, -0.25) is 0 Å². The van der Waals surface area contributed by atoms with Crippen LogP contribution in [0.5, 0.6) is 5.75 Å². The van der Waals surface area contributed by atoms with Gasteiger partial charge in [-0.1, -0.05) is 13.8 Å². The molecule has 2 rings (SSSR count). The van der Waals surface area contributed by atoms with Gasteiger partial charge in [0.2, 0.25) is 0 Å². The fourth-order valence-electron chi connectivity index (χ4n) is 2.23. The Kier molecular flexibility index (Phi) is 4.48. The molecule has 0 saturated carbocycles. The van der Waals surface area contributed by atoms with Crippen molar-refractivity contribution in [2.24, 2.45) is 0 Å². The molecule has 1 aliphatic rings. The van der Waals surface area contributed by atoms with E-state index >= 15 is 0 Å². The zero-order valence-electron chi connectivity index (χ0n) is 11.5. The number of anilines is 1. The first kappa shape index (κ1) is 13.2. The minimum Gasteiger partial charge on any atom is -0.497 e. The van der Waals surface area contributed by atoms with Crippen molar-refractivity contribution in [1.29, 1.82) is 0 Å². The van der Waals surface area contributed by atoms with Crippen molar-refractivity contribution in [3.8, 4) is 5.75 Å². The lowest BCUT2D eigenvalue weighted by Gasteiger charge is -2.25. The third kappa shape index (κ3) is 3.39. The van der Waals surface area contributed by atoms with Gasteiger partial charge in [0.25, 0.3) is 0 Å². The maximum absolute atomic E-state index is 5.38. The molecule has 1 aromatic carbocycles. The third-order valence-corrected chi connectivity index (χ3v) is 3.42. The Labute approximate surface area is 109 Å². The second-order valence-corrected chi connectivity index (χ2v) is 5.18. The van der Waals surface area contributed by atoms with Gasteiger partial charge in [-0.05, 0) is 36.5 Å². The molecule has 0 spiro atoms. The lowest BCUT2D eigenvalue weighted by molar-refractivity contribution is 0.0904. The van der Waals surface area contributed by atoms with Crippen LogP contribution in [-0.4, -0.2) is 26.4 Å². The van der Waals surface area contributed by atoms with Crippen LogP contribution in [0.1, 0.15) is 38.2 Å². The van der Waals surface area contributed by atoms with Crippen molar-refractivity contribution in [3.05, 3.63) is 23.8 Å². The molecule has 0 atom stereocenters. The molecule has 3 nitrogen and oxygen atoms in total. The van der Waals surface area contributed by atoms with Gasteiger partial charge in [-0.2, -0.15) is 0 Å². The van der Waals surface area contributed by atoms with Gasteiger partial charge in [-0.15, -0.1) is 0 Å². The molecule has 0 unspecified atom stereocenters. The van der Waals surface area contributed by atoms with Crippen LogP contribution in [0.3, 0.4) is 0 Å². The monoisotopic (exact) mass is 249 g/mol.